The van der Waals surface area contributed by atoms with Crippen LogP contribution in [0.2, 0.25) is 0 Å². The maximum Gasteiger partial charge on any atom is 0.122 e. The van der Waals surface area contributed by atoms with Crippen LogP contribution in [0.3, 0.4) is 0 Å². The molecule has 1 heterocycles. The summed E-state index contributed by atoms with van der Waals surface area (Å²) in [4.78, 5) is 2.76. The number of H-pyrrole nitrogens is 1. The number of fused-ring (bicyclic) bond motifs is 3. The van der Waals surface area contributed by atoms with E-state index in [-0.39, 0.29) is 57.1 Å². The number of nitrogens with one attached hydrogen (secondary N) is 3. The summed E-state index contributed by atoms with van der Waals surface area (Å²) in [6, 6.07) is -2.17. The molecular weight excluding hydrogens is 238 g/mol. The molecule has 0 spiro atoms. The molecule has 0 amide bonds. The fraction of sp³-hybridized carbons (Fsp3) is 0. The minimum absolute atomic E-state index is 0.0390. The quantitative estimate of drug-likeness (QED) is 0.356. The zero-order valence-corrected chi connectivity index (χ0v) is 9.65. The van der Waals surface area contributed by atoms with Crippen molar-refractivity contribution in [3.63, 3.8) is 0 Å². The number of rotatable bonds is 2. The van der Waals surface area contributed by atoms with Crippen molar-refractivity contribution < 1.29 is 8.22 Å². The Kier molecular flexibility index (Phi) is 1.29. The lowest BCUT2D eigenvalue weighted by molar-refractivity contribution is 1.42. The van der Waals surface area contributed by atoms with Gasteiger partial charge in [0.15, 0.2) is 0 Å². The molecule has 0 aliphatic heterocycles. The first kappa shape index (κ1) is 6.38. The lowest BCUT2D eigenvalue weighted by atomic mass is 10.1. The van der Waals surface area contributed by atoms with Gasteiger partial charge in [0, 0.05) is 32.9 Å². The Morgan fingerprint density at radius 1 is 0.895 bits per heavy atom. The number of nitrogens with two attached hydrogens (primary N) is 2. The van der Waals surface area contributed by atoms with E-state index in [1.165, 1.54) is 0 Å². The normalized spacial score (nSPS) is 15.4. The SMILES string of the molecule is [2H]c1c(C(=N)N)c([2H])c2[nH]c3c([2H])c(C(=N)N)c([2H])c([2H])c3c2c1[2H]. The maximum absolute atomic E-state index is 8.18. The van der Waals surface area contributed by atoms with Gasteiger partial charge < -0.3 is 16.5 Å². The second-order valence-corrected chi connectivity index (χ2v) is 3.95. The summed E-state index contributed by atoms with van der Waals surface area (Å²) >= 11 is 0. The van der Waals surface area contributed by atoms with Crippen LogP contribution < -0.4 is 11.5 Å². The number of benzene rings is 2. The van der Waals surface area contributed by atoms with Crippen LogP contribution in [0, 0.1) is 10.8 Å². The van der Waals surface area contributed by atoms with Gasteiger partial charge >= 0.3 is 0 Å². The number of aromatic amines is 1. The van der Waals surface area contributed by atoms with Crippen molar-refractivity contribution in [2.24, 2.45) is 11.5 Å². The van der Waals surface area contributed by atoms with Gasteiger partial charge in [-0.05, 0) is 12.1 Å². The fourth-order valence-corrected chi connectivity index (χ4v) is 1.77. The molecule has 0 unspecified atom stereocenters. The van der Waals surface area contributed by atoms with E-state index in [1.807, 2.05) is 0 Å². The largest absolute Gasteiger partial charge is 0.384 e. The molecule has 7 N–H and O–H groups in total. The first-order valence-corrected chi connectivity index (χ1v) is 5.33. The predicted molar refractivity (Wildman–Crippen MR) is 77.8 cm³/mol. The van der Waals surface area contributed by atoms with Crippen LogP contribution in [0.15, 0.2) is 36.3 Å². The van der Waals surface area contributed by atoms with Crippen LogP contribution in [0.5, 0.6) is 0 Å². The topological polar surface area (TPSA) is 116 Å². The second-order valence-electron chi connectivity index (χ2n) is 3.95. The van der Waals surface area contributed by atoms with E-state index in [2.05, 4.69) is 4.98 Å². The number of amidine groups is 2. The van der Waals surface area contributed by atoms with Crippen molar-refractivity contribution in [2.45, 2.75) is 0 Å². The molecule has 19 heavy (non-hydrogen) atoms. The van der Waals surface area contributed by atoms with E-state index < -0.39 is 23.8 Å². The lowest BCUT2D eigenvalue weighted by Crippen LogP contribution is -2.10. The molecule has 0 fully saturated rings. The fourth-order valence-electron chi connectivity index (χ4n) is 1.77. The summed E-state index contributed by atoms with van der Waals surface area (Å²) in [5.41, 5.74) is 10.5. The number of aromatic nitrogens is 1. The van der Waals surface area contributed by atoms with Crippen molar-refractivity contribution in [3.05, 3.63) is 47.4 Å². The highest BCUT2D eigenvalue weighted by Crippen LogP contribution is 2.26. The molecule has 0 atom stereocenters. The van der Waals surface area contributed by atoms with Gasteiger partial charge in [0.2, 0.25) is 0 Å². The minimum atomic E-state index is -0.535. The first-order valence-electron chi connectivity index (χ1n) is 8.33. The first-order chi connectivity index (χ1) is 11.6. The Balaban J connectivity index is 2.68. The summed E-state index contributed by atoms with van der Waals surface area (Å²) < 4.78 is 48.7. The molecule has 1 aromatic heterocycles. The van der Waals surface area contributed by atoms with E-state index in [9.17, 15) is 0 Å². The third kappa shape index (κ3) is 1.72. The summed E-state index contributed by atoms with van der Waals surface area (Å²) in [5, 5.41) is 15.1. The van der Waals surface area contributed by atoms with E-state index in [4.69, 9.17) is 30.5 Å². The summed E-state index contributed by atoms with van der Waals surface area (Å²) in [5.74, 6) is -1.07. The van der Waals surface area contributed by atoms with Gasteiger partial charge in [-0.1, -0.05) is 24.2 Å². The van der Waals surface area contributed by atoms with Crippen molar-refractivity contribution in [1.29, 1.82) is 10.8 Å². The molecule has 5 heteroatoms. The van der Waals surface area contributed by atoms with Crippen LogP contribution in [0.25, 0.3) is 21.8 Å². The minimum Gasteiger partial charge on any atom is -0.384 e. The highest BCUT2D eigenvalue weighted by Gasteiger charge is 2.07. The maximum atomic E-state index is 8.18. The average molecular weight is 257 g/mol. The van der Waals surface area contributed by atoms with Crippen molar-refractivity contribution >= 4 is 33.5 Å². The molecule has 0 saturated heterocycles. The second kappa shape index (κ2) is 3.84. The summed E-state index contributed by atoms with van der Waals surface area (Å²) in [6.07, 6.45) is 0. The molecule has 94 valence electrons. The Morgan fingerprint density at radius 2 is 1.32 bits per heavy atom. The Morgan fingerprint density at radius 3 is 1.68 bits per heavy atom. The van der Waals surface area contributed by atoms with Crippen molar-refractivity contribution in [2.75, 3.05) is 0 Å². The summed E-state index contributed by atoms with van der Waals surface area (Å²) in [6.45, 7) is 0. The molecule has 3 rings (SSSR count). The van der Waals surface area contributed by atoms with E-state index in [0.29, 0.717) is 0 Å². The van der Waals surface area contributed by atoms with E-state index in [1.54, 1.807) is 0 Å². The Hall–Kier alpha value is -2.82. The Labute approximate surface area is 117 Å². The molecule has 2 aromatic carbocycles. The third-order valence-corrected chi connectivity index (χ3v) is 2.66. The highest BCUT2D eigenvalue weighted by atomic mass is 14.7. The predicted octanol–water partition coefficient (Wildman–Crippen LogP) is 1.89. The van der Waals surface area contributed by atoms with E-state index >= 15 is 0 Å². The van der Waals surface area contributed by atoms with Gasteiger partial charge in [0.05, 0.1) is 8.22 Å². The number of hydrogen-bond donors (Lipinski definition) is 5. The van der Waals surface area contributed by atoms with Crippen LogP contribution in [0.1, 0.15) is 19.4 Å². The molecule has 0 aliphatic carbocycles. The summed E-state index contributed by atoms with van der Waals surface area (Å²) in [7, 11) is 0. The van der Waals surface area contributed by atoms with Crippen LogP contribution >= 0.6 is 0 Å². The molecule has 0 bridgehead atoms. The number of nitrogen functional groups attached to an aromatic ring is 2. The molecule has 0 aliphatic rings. The van der Waals surface area contributed by atoms with Gasteiger partial charge in [-0.3, -0.25) is 10.8 Å². The average Bonchev–Trinajstić information content (AvgIpc) is 2.91. The van der Waals surface area contributed by atoms with Crippen LogP contribution in [0.4, 0.5) is 0 Å². The molecule has 0 radical (unpaired) electrons. The third-order valence-electron chi connectivity index (χ3n) is 2.66. The van der Waals surface area contributed by atoms with Gasteiger partial charge in [-0.15, -0.1) is 0 Å². The highest BCUT2D eigenvalue weighted by molar-refractivity contribution is 6.11. The lowest BCUT2D eigenvalue weighted by Gasteiger charge is -1.98. The zero-order valence-electron chi connectivity index (χ0n) is 15.7. The number of hydrogen-bond acceptors (Lipinski definition) is 2. The molecule has 3 aromatic rings. The van der Waals surface area contributed by atoms with E-state index in [0.717, 1.165) is 0 Å². The molecule has 5 nitrogen and oxygen atoms in total. The molecular formula is C14H13N5. The monoisotopic (exact) mass is 257 g/mol. The standard InChI is InChI=1S/C14H13N5/c15-13(16)7-1-3-9-10-4-2-8(14(17)18)6-12(10)19-11(9)5-7/h1-6,19H,(H3,15,16)(H3,17,18)/i1D,2D,3D,4D,5D,6D. The van der Waals surface area contributed by atoms with Gasteiger partial charge in [0.1, 0.15) is 11.7 Å². The van der Waals surface area contributed by atoms with Gasteiger partial charge in [-0.25, -0.2) is 0 Å². The van der Waals surface area contributed by atoms with Crippen LogP contribution in [-0.4, -0.2) is 16.7 Å². The molecule has 0 saturated carbocycles. The smallest absolute Gasteiger partial charge is 0.122 e. The van der Waals surface area contributed by atoms with Gasteiger partial charge in [0.25, 0.3) is 0 Å². The van der Waals surface area contributed by atoms with Gasteiger partial charge in [-0.2, -0.15) is 0 Å². The zero-order chi connectivity index (χ0) is 18.8. The van der Waals surface area contributed by atoms with Crippen molar-refractivity contribution in [3.8, 4) is 0 Å². The van der Waals surface area contributed by atoms with Crippen LogP contribution in [-0.2, 0) is 0 Å². The Bertz CT molecular complexity index is 1030. The van der Waals surface area contributed by atoms with Crippen molar-refractivity contribution in [1.82, 2.24) is 4.98 Å².